The van der Waals surface area contributed by atoms with Crippen LogP contribution in [-0.2, 0) is 19.1 Å². The molecule has 0 saturated heterocycles. The first-order valence-electron chi connectivity index (χ1n) is 8.30. The van der Waals surface area contributed by atoms with Crippen LogP contribution in [0.5, 0.6) is 5.75 Å². The van der Waals surface area contributed by atoms with Gasteiger partial charge in [-0.3, -0.25) is 9.59 Å². The maximum atomic E-state index is 12.2. The Kier molecular flexibility index (Phi) is 6.94. The van der Waals surface area contributed by atoms with Crippen molar-refractivity contribution in [3.63, 3.8) is 0 Å². The number of carbonyl (C=O) groups excluding carboxylic acids is 2. The predicted molar refractivity (Wildman–Crippen MR) is 87.1 cm³/mol. The molecule has 2 rings (SSSR count). The molecule has 1 aliphatic rings. The minimum Gasteiger partial charge on any atom is -0.478 e. The van der Waals surface area contributed by atoms with E-state index in [4.69, 9.17) is 19.3 Å². The normalized spacial score (nSPS) is 19.9. The molecule has 7 heteroatoms. The molecular weight excluding hydrogens is 328 g/mol. The molecule has 25 heavy (non-hydrogen) atoms. The fourth-order valence-corrected chi connectivity index (χ4v) is 2.73. The van der Waals surface area contributed by atoms with Gasteiger partial charge in [0.2, 0.25) is 0 Å². The van der Waals surface area contributed by atoms with E-state index < -0.39 is 5.97 Å². The Bertz CT molecular complexity index is 600. The number of rotatable bonds is 7. The lowest BCUT2D eigenvalue weighted by atomic mass is 9.82. The minimum absolute atomic E-state index is 0.0381. The first-order valence-corrected chi connectivity index (χ1v) is 8.30. The van der Waals surface area contributed by atoms with Gasteiger partial charge >= 0.3 is 17.9 Å². The van der Waals surface area contributed by atoms with Gasteiger partial charge in [-0.15, -0.1) is 0 Å². The molecule has 1 aliphatic carbocycles. The van der Waals surface area contributed by atoms with Gasteiger partial charge in [-0.05, 0) is 56.9 Å². The molecule has 1 N–H and O–H groups in total. The van der Waals surface area contributed by atoms with E-state index in [1.807, 2.05) is 6.92 Å². The number of hydrogen-bond donors (Lipinski definition) is 1. The average Bonchev–Trinajstić information content (AvgIpc) is 2.62. The zero-order valence-electron chi connectivity index (χ0n) is 14.1. The van der Waals surface area contributed by atoms with Crippen LogP contribution < -0.4 is 4.74 Å². The summed E-state index contributed by atoms with van der Waals surface area (Å²) in [5.41, 5.74) is 0.130. The van der Waals surface area contributed by atoms with Gasteiger partial charge in [0.05, 0.1) is 17.4 Å². The van der Waals surface area contributed by atoms with Crippen molar-refractivity contribution < 1.29 is 33.7 Å². The van der Waals surface area contributed by atoms with Gasteiger partial charge in [0.1, 0.15) is 5.75 Å². The minimum atomic E-state index is -1.03. The van der Waals surface area contributed by atoms with Crippen LogP contribution in [0.25, 0.3) is 0 Å². The third-order valence-corrected chi connectivity index (χ3v) is 4.20. The number of carbonyl (C=O) groups is 3. The molecule has 0 atom stereocenters. The van der Waals surface area contributed by atoms with Crippen molar-refractivity contribution in [2.75, 3.05) is 13.4 Å². The Morgan fingerprint density at radius 3 is 2.08 bits per heavy atom. The summed E-state index contributed by atoms with van der Waals surface area (Å²) in [5.74, 6) is -1.84. The Morgan fingerprint density at radius 2 is 1.56 bits per heavy atom. The largest absolute Gasteiger partial charge is 0.478 e. The molecule has 0 unspecified atom stereocenters. The Labute approximate surface area is 145 Å². The van der Waals surface area contributed by atoms with Gasteiger partial charge in [-0.2, -0.15) is 0 Å². The van der Waals surface area contributed by atoms with Gasteiger partial charge < -0.3 is 19.3 Å². The second-order valence-corrected chi connectivity index (χ2v) is 5.87. The number of hydrogen-bond acceptors (Lipinski definition) is 6. The van der Waals surface area contributed by atoms with Gasteiger partial charge in [-0.1, -0.05) is 0 Å². The van der Waals surface area contributed by atoms with Crippen LogP contribution in [-0.4, -0.2) is 36.4 Å². The van der Waals surface area contributed by atoms with Gasteiger partial charge in [-0.25, -0.2) is 4.79 Å². The highest BCUT2D eigenvalue weighted by Crippen LogP contribution is 2.31. The fraction of sp³-hybridized carbons (Fsp3) is 0.500. The molecule has 1 aromatic rings. The molecule has 0 heterocycles. The van der Waals surface area contributed by atoms with Crippen molar-refractivity contribution in [2.45, 2.75) is 32.6 Å². The summed E-state index contributed by atoms with van der Waals surface area (Å²) in [6, 6.07) is 5.68. The lowest BCUT2D eigenvalue weighted by Gasteiger charge is -2.25. The number of aromatic carboxylic acids is 1. The zero-order valence-corrected chi connectivity index (χ0v) is 14.1. The summed E-state index contributed by atoms with van der Waals surface area (Å²) < 4.78 is 15.3. The molecule has 0 aliphatic heterocycles. The average molecular weight is 350 g/mol. The summed E-state index contributed by atoms with van der Waals surface area (Å²) in [5, 5.41) is 8.85. The number of esters is 2. The van der Waals surface area contributed by atoms with Crippen molar-refractivity contribution >= 4 is 17.9 Å². The third-order valence-electron chi connectivity index (χ3n) is 4.20. The molecule has 0 radical (unpaired) electrons. The number of carboxylic acid groups (broad SMARTS) is 1. The van der Waals surface area contributed by atoms with E-state index in [0.717, 1.165) is 0 Å². The van der Waals surface area contributed by atoms with Crippen molar-refractivity contribution in [3.05, 3.63) is 29.8 Å². The smallest absolute Gasteiger partial charge is 0.335 e. The summed E-state index contributed by atoms with van der Waals surface area (Å²) >= 11 is 0. The molecule has 7 nitrogen and oxygen atoms in total. The number of carboxylic acids is 1. The van der Waals surface area contributed by atoms with Crippen molar-refractivity contribution in [1.29, 1.82) is 0 Å². The molecule has 0 amide bonds. The van der Waals surface area contributed by atoms with Crippen LogP contribution in [0, 0.1) is 11.8 Å². The first-order chi connectivity index (χ1) is 12.0. The van der Waals surface area contributed by atoms with Gasteiger partial charge in [0.25, 0.3) is 0 Å². The highest BCUT2D eigenvalue weighted by Gasteiger charge is 2.31. The maximum Gasteiger partial charge on any atom is 0.335 e. The van der Waals surface area contributed by atoms with E-state index in [2.05, 4.69) is 0 Å². The maximum absolute atomic E-state index is 12.2. The van der Waals surface area contributed by atoms with Gasteiger partial charge in [0, 0.05) is 6.61 Å². The van der Waals surface area contributed by atoms with E-state index in [1.165, 1.54) is 24.3 Å². The quantitative estimate of drug-likeness (QED) is 0.349. The molecule has 0 aromatic heterocycles. The molecule has 1 saturated carbocycles. The molecule has 136 valence electrons. The third kappa shape index (κ3) is 5.56. The van der Waals surface area contributed by atoms with Crippen molar-refractivity contribution in [2.24, 2.45) is 11.8 Å². The molecule has 1 fully saturated rings. The second kappa shape index (κ2) is 9.17. The monoisotopic (exact) mass is 350 g/mol. The Morgan fingerprint density at radius 1 is 1.00 bits per heavy atom. The van der Waals surface area contributed by atoms with Crippen LogP contribution >= 0.6 is 0 Å². The summed E-state index contributed by atoms with van der Waals surface area (Å²) in [4.78, 5) is 34.9. The summed E-state index contributed by atoms with van der Waals surface area (Å²) in [6.07, 6.45) is 2.26. The highest BCUT2D eigenvalue weighted by molar-refractivity contribution is 5.87. The molecule has 0 spiro atoms. The van der Waals surface area contributed by atoms with Crippen LogP contribution in [0.2, 0.25) is 0 Å². The molecule has 1 aromatic carbocycles. The van der Waals surface area contributed by atoms with Crippen LogP contribution in [0.15, 0.2) is 24.3 Å². The van der Waals surface area contributed by atoms with Crippen LogP contribution in [0.1, 0.15) is 43.0 Å². The molecular formula is C18H22O7. The SMILES string of the molecule is CCOCOC(=O)C1CCC(C(=O)Oc2ccc(C(=O)O)cc2)CC1. The van der Waals surface area contributed by atoms with E-state index >= 15 is 0 Å². The van der Waals surface area contributed by atoms with Crippen LogP contribution in [0.4, 0.5) is 0 Å². The van der Waals surface area contributed by atoms with E-state index in [-0.39, 0.29) is 36.1 Å². The van der Waals surface area contributed by atoms with E-state index in [0.29, 0.717) is 38.0 Å². The highest BCUT2D eigenvalue weighted by atomic mass is 16.7. The van der Waals surface area contributed by atoms with Gasteiger partial charge in [0.15, 0.2) is 6.79 Å². The van der Waals surface area contributed by atoms with Crippen LogP contribution in [0.3, 0.4) is 0 Å². The second-order valence-electron chi connectivity index (χ2n) is 5.87. The van der Waals surface area contributed by atoms with Crippen molar-refractivity contribution in [3.8, 4) is 5.75 Å². The number of benzene rings is 1. The Balaban J connectivity index is 1.79. The molecule has 0 bridgehead atoms. The Hall–Kier alpha value is -2.41. The predicted octanol–water partition coefficient (Wildman–Crippen LogP) is 2.63. The zero-order chi connectivity index (χ0) is 18.2. The summed E-state index contributed by atoms with van der Waals surface area (Å²) in [6.45, 7) is 2.27. The topological polar surface area (TPSA) is 99.1 Å². The first kappa shape index (κ1) is 18.9. The van der Waals surface area contributed by atoms with Crippen molar-refractivity contribution in [1.82, 2.24) is 0 Å². The van der Waals surface area contributed by atoms with E-state index in [9.17, 15) is 14.4 Å². The fourth-order valence-electron chi connectivity index (χ4n) is 2.73. The number of ether oxygens (including phenoxy) is 3. The lowest BCUT2D eigenvalue weighted by molar-refractivity contribution is -0.163. The summed E-state index contributed by atoms with van der Waals surface area (Å²) in [7, 11) is 0. The van der Waals surface area contributed by atoms with E-state index in [1.54, 1.807) is 0 Å². The standard InChI is InChI=1S/C18H22O7/c1-2-23-11-24-17(21)13-3-5-14(6-4-13)18(22)25-15-9-7-12(8-10-15)16(19)20/h7-10,13-14H,2-6,11H2,1H3,(H,19,20). The lowest BCUT2D eigenvalue weighted by Crippen LogP contribution is -2.29.